The number of aromatic nitrogens is 1. The van der Waals surface area contributed by atoms with Gasteiger partial charge in [-0.15, -0.1) is 0 Å². The maximum Gasteiger partial charge on any atom is 0.335 e. The lowest BCUT2D eigenvalue weighted by atomic mass is 10.00. The van der Waals surface area contributed by atoms with E-state index in [0.29, 0.717) is 53.8 Å². The third-order valence-electron chi connectivity index (χ3n) is 7.31. The summed E-state index contributed by atoms with van der Waals surface area (Å²) in [6.45, 7) is 1.27. The van der Waals surface area contributed by atoms with Crippen LogP contribution in [0, 0.1) is 0 Å². The van der Waals surface area contributed by atoms with E-state index in [0.717, 1.165) is 23.2 Å². The number of aliphatic imine (C=N–C) groups is 1. The molecule has 0 atom stereocenters. The van der Waals surface area contributed by atoms with Crippen LogP contribution in [0.25, 0.3) is 10.9 Å². The highest BCUT2D eigenvalue weighted by molar-refractivity contribution is 6.22. The summed E-state index contributed by atoms with van der Waals surface area (Å²) in [5.41, 5.74) is 4.85. The summed E-state index contributed by atoms with van der Waals surface area (Å²) < 4.78 is 0. The van der Waals surface area contributed by atoms with Crippen LogP contribution in [0.1, 0.15) is 39.9 Å². The first kappa shape index (κ1) is 24.4. The molecule has 2 aliphatic heterocycles. The van der Waals surface area contributed by atoms with Crippen LogP contribution in [-0.2, 0) is 16.0 Å². The zero-order valence-corrected chi connectivity index (χ0v) is 21.1. The van der Waals surface area contributed by atoms with E-state index >= 15 is 0 Å². The molecule has 39 heavy (non-hydrogen) atoms. The smallest absolute Gasteiger partial charge is 0.335 e. The Morgan fingerprint density at radius 1 is 0.949 bits per heavy atom. The first-order valence-corrected chi connectivity index (χ1v) is 12.8. The van der Waals surface area contributed by atoms with Crippen molar-refractivity contribution < 1.29 is 24.6 Å². The van der Waals surface area contributed by atoms with E-state index in [9.17, 15) is 24.6 Å². The fourth-order valence-corrected chi connectivity index (χ4v) is 5.38. The predicted octanol–water partition coefficient (Wildman–Crippen LogP) is 4.25. The average molecular weight is 523 g/mol. The summed E-state index contributed by atoms with van der Waals surface area (Å²) in [4.78, 5) is 47.6. The monoisotopic (exact) mass is 522 g/mol. The Morgan fingerprint density at radius 3 is 2.51 bits per heavy atom. The molecule has 2 amide bonds. The van der Waals surface area contributed by atoms with E-state index < -0.39 is 5.97 Å². The summed E-state index contributed by atoms with van der Waals surface area (Å²) in [5, 5.41) is 20.9. The van der Waals surface area contributed by atoms with E-state index in [1.807, 2.05) is 48.5 Å². The average Bonchev–Trinajstić information content (AvgIpc) is 3.63. The number of carbonyl (C=O) groups excluding carboxylic acids is 2. The minimum absolute atomic E-state index is 0.0283. The van der Waals surface area contributed by atoms with Crippen molar-refractivity contribution in [1.82, 2.24) is 9.88 Å². The van der Waals surface area contributed by atoms with Crippen molar-refractivity contribution >= 4 is 45.8 Å². The molecular weight excluding hydrogens is 496 g/mol. The number of carboxylic acid groups (broad SMARTS) is 1. The van der Waals surface area contributed by atoms with Gasteiger partial charge in [0.1, 0.15) is 6.54 Å². The third kappa shape index (κ3) is 4.52. The Hall–Kier alpha value is -4.92. The Balaban J connectivity index is 1.37. The second-order valence-electron chi connectivity index (χ2n) is 9.77. The SMILES string of the molecule is O=C(O)c1ccc2c(C(=Nc3ccc4c(c3)CCN4C(=O)CN3CCCC3=O)c3ccccc3)c(O)[nH]c2c1. The number of nitrogens with zero attached hydrogens (tertiary/aromatic N) is 3. The number of hydrogen-bond donors (Lipinski definition) is 3. The topological polar surface area (TPSA) is 126 Å². The summed E-state index contributed by atoms with van der Waals surface area (Å²) in [7, 11) is 0. The maximum absolute atomic E-state index is 13.0. The van der Waals surface area contributed by atoms with Crippen LogP contribution in [0.5, 0.6) is 5.88 Å². The number of fused-ring (bicyclic) bond motifs is 2. The number of likely N-dealkylation sites (tertiary alicyclic amines) is 1. The molecule has 1 saturated heterocycles. The number of carboxylic acids is 1. The van der Waals surface area contributed by atoms with E-state index in [-0.39, 0.29) is 29.8 Å². The van der Waals surface area contributed by atoms with Gasteiger partial charge in [0.2, 0.25) is 11.8 Å². The number of hydrogen-bond acceptors (Lipinski definition) is 5. The quantitative estimate of drug-likeness (QED) is 0.326. The van der Waals surface area contributed by atoms with Gasteiger partial charge < -0.3 is 25.0 Å². The van der Waals surface area contributed by atoms with Crippen LogP contribution in [-0.4, -0.2) is 63.2 Å². The summed E-state index contributed by atoms with van der Waals surface area (Å²) >= 11 is 0. The van der Waals surface area contributed by atoms with Gasteiger partial charge >= 0.3 is 5.97 Å². The van der Waals surface area contributed by atoms with Crippen molar-refractivity contribution in [3.63, 3.8) is 0 Å². The fourth-order valence-electron chi connectivity index (χ4n) is 5.38. The van der Waals surface area contributed by atoms with Gasteiger partial charge in [-0.3, -0.25) is 9.59 Å². The van der Waals surface area contributed by atoms with Crippen LogP contribution in [0.4, 0.5) is 11.4 Å². The highest BCUT2D eigenvalue weighted by Gasteiger charge is 2.29. The molecule has 9 nitrogen and oxygen atoms in total. The number of anilines is 1. The first-order valence-electron chi connectivity index (χ1n) is 12.8. The van der Waals surface area contributed by atoms with E-state index in [2.05, 4.69) is 4.98 Å². The maximum atomic E-state index is 13.0. The molecule has 0 spiro atoms. The van der Waals surface area contributed by atoms with Gasteiger partial charge in [0.25, 0.3) is 0 Å². The van der Waals surface area contributed by atoms with Crippen LogP contribution < -0.4 is 4.90 Å². The predicted molar refractivity (Wildman–Crippen MR) is 147 cm³/mol. The Bertz CT molecular complexity index is 1660. The van der Waals surface area contributed by atoms with Crippen LogP contribution in [0.3, 0.4) is 0 Å². The Labute approximate surface area is 224 Å². The molecule has 0 aliphatic carbocycles. The van der Waals surface area contributed by atoms with Crippen molar-refractivity contribution in [2.45, 2.75) is 19.3 Å². The standard InChI is InChI=1S/C30H26N4O5/c35-25-7-4-13-33(25)17-26(36)34-14-12-19-15-21(9-11-24(19)34)31-28(18-5-2-1-3-6-18)27-22-10-8-20(30(38)39)16-23(22)32-29(27)37/h1-3,5-6,8-11,15-16,32,37H,4,7,12-14,17H2,(H,38,39). The van der Waals surface area contributed by atoms with Gasteiger partial charge in [-0.25, -0.2) is 9.79 Å². The summed E-state index contributed by atoms with van der Waals surface area (Å²) in [6.07, 6.45) is 1.97. The molecule has 0 unspecified atom stereocenters. The molecule has 4 aromatic rings. The van der Waals surface area contributed by atoms with Gasteiger partial charge in [-0.05, 0) is 48.7 Å². The Kier molecular flexibility index (Phi) is 6.11. The number of carbonyl (C=O) groups is 3. The largest absolute Gasteiger partial charge is 0.494 e. The molecule has 1 aromatic heterocycles. The second kappa shape index (κ2) is 9.75. The number of aromatic hydroxyl groups is 1. The van der Waals surface area contributed by atoms with E-state index in [1.54, 1.807) is 15.9 Å². The minimum atomic E-state index is -1.05. The van der Waals surface area contributed by atoms with Crippen LogP contribution >= 0.6 is 0 Å². The molecule has 3 N–H and O–H groups in total. The first-order chi connectivity index (χ1) is 18.9. The molecule has 3 aromatic carbocycles. The van der Waals surface area contributed by atoms with E-state index in [4.69, 9.17) is 4.99 Å². The van der Waals surface area contributed by atoms with Gasteiger partial charge in [0.05, 0.1) is 22.5 Å². The molecule has 1 fully saturated rings. The normalized spacial score (nSPS) is 15.3. The molecule has 2 aliphatic rings. The molecular formula is C30H26N4O5. The van der Waals surface area contributed by atoms with Gasteiger partial charge in [-0.2, -0.15) is 0 Å². The molecule has 6 rings (SSSR count). The summed E-state index contributed by atoms with van der Waals surface area (Å²) in [5.74, 6) is -1.22. The zero-order chi connectivity index (χ0) is 27.1. The van der Waals surface area contributed by atoms with Crippen molar-refractivity contribution in [1.29, 1.82) is 0 Å². The van der Waals surface area contributed by atoms with Crippen LogP contribution in [0.2, 0.25) is 0 Å². The number of H-pyrrole nitrogens is 1. The van der Waals surface area contributed by atoms with Gasteiger partial charge in [-0.1, -0.05) is 36.4 Å². The van der Waals surface area contributed by atoms with Crippen molar-refractivity contribution in [2.75, 3.05) is 24.5 Å². The minimum Gasteiger partial charge on any atom is -0.494 e. The molecule has 196 valence electrons. The number of rotatable bonds is 6. The van der Waals surface area contributed by atoms with Gasteiger partial charge in [0, 0.05) is 41.7 Å². The third-order valence-corrected chi connectivity index (χ3v) is 7.31. The van der Waals surface area contributed by atoms with E-state index in [1.165, 1.54) is 12.1 Å². The van der Waals surface area contributed by atoms with Crippen molar-refractivity contribution in [2.24, 2.45) is 4.99 Å². The zero-order valence-electron chi connectivity index (χ0n) is 21.1. The highest BCUT2D eigenvalue weighted by Crippen LogP contribution is 2.35. The van der Waals surface area contributed by atoms with Gasteiger partial charge in [0.15, 0.2) is 5.88 Å². The number of benzene rings is 3. The summed E-state index contributed by atoms with van der Waals surface area (Å²) in [6, 6.07) is 19.8. The Morgan fingerprint density at radius 2 is 1.77 bits per heavy atom. The number of amides is 2. The number of aromatic amines is 1. The molecule has 3 heterocycles. The van der Waals surface area contributed by atoms with Crippen molar-refractivity contribution in [3.8, 4) is 5.88 Å². The fraction of sp³-hybridized carbons (Fsp3) is 0.200. The lowest BCUT2D eigenvalue weighted by Gasteiger charge is -2.21. The highest BCUT2D eigenvalue weighted by atomic mass is 16.4. The van der Waals surface area contributed by atoms with Crippen LogP contribution in [0.15, 0.2) is 71.7 Å². The second-order valence-corrected chi connectivity index (χ2v) is 9.77. The number of nitrogens with one attached hydrogen (secondary N) is 1. The van der Waals surface area contributed by atoms with Crippen molar-refractivity contribution in [3.05, 3.63) is 89.0 Å². The molecule has 0 bridgehead atoms. The molecule has 0 radical (unpaired) electrons. The molecule has 9 heteroatoms. The lowest BCUT2D eigenvalue weighted by Crippen LogP contribution is -2.40. The molecule has 0 saturated carbocycles. The number of aromatic carboxylic acids is 1. The lowest BCUT2D eigenvalue weighted by molar-refractivity contribution is -0.132.